The van der Waals surface area contributed by atoms with Gasteiger partial charge in [0.05, 0.1) is 6.07 Å². The molecule has 0 aromatic carbocycles. The van der Waals surface area contributed by atoms with Crippen molar-refractivity contribution in [2.45, 2.75) is 32.6 Å². The first-order chi connectivity index (χ1) is 7.29. The molecule has 1 nitrogen and oxygen atoms in total. The first-order valence-corrected chi connectivity index (χ1v) is 5.46. The number of rotatable bonds is 1. The maximum atomic E-state index is 8.75. The van der Waals surface area contributed by atoms with Crippen LogP contribution >= 0.6 is 0 Å². The zero-order valence-corrected chi connectivity index (χ0v) is 9.09. The highest BCUT2D eigenvalue weighted by Crippen LogP contribution is 2.29. The first-order valence-electron chi connectivity index (χ1n) is 5.46. The van der Waals surface area contributed by atoms with Crippen LogP contribution in [0.4, 0.5) is 0 Å². The van der Waals surface area contributed by atoms with Crippen molar-refractivity contribution >= 4 is 0 Å². The van der Waals surface area contributed by atoms with E-state index in [1.54, 1.807) is 0 Å². The molecule has 2 aliphatic carbocycles. The molecular formula is C14H15N. The lowest BCUT2D eigenvalue weighted by molar-refractivity contribution is 0.860. The molecule has 0 N–H and O–H groups in total. The molecule has 0 fully saturated rings. The van der Waals surface area contributed by atoms with Crippen LogP contribution in [0.1, 0.15) is 32.6 Å². The summed E-state index contributed by atoms with van der Waals surface area (Å²) in [5.74, 6) is 0. The van der Waals surface area contributed by atoms with E-state index < -0.39 is 0 Å². The Morgan fingerprint density at radius 1 is 0.933 bits per heavy atom. The molecule has 0 aliphatic heterocycles. The van der Waals surface area contributed by atoms with Gasteiger partial charge < -0.3 is 0 Å². The predicted octanol–water partition coefficient (Wildman–Crippen LogP) is 3.82. The highest BCUT2D eigenvalue weighted by molar-refractivity contribution is 5.44. The fourth-order valence-electron chi connectivity index (χ4n) is 2.01. The maximum Gasteiger partial charge on any atom is 0.0947 e. The average molecular weight is 197 g/mol. The molecular weight excluding hydrogens is 182 g/mol. The second kappa shape index (κ2) is 4.31. The highest BCUT2D eigenvalue weighted by atomic mass is 14.3. The van der Waals surface area contributed by atoms with E-state index in [-0.39, 0.29) is 0 Å². The highest BCUT2D eigenvalue weighted by Gasteiger charge is 2.11. The smallest absolute Gasteiger partial charge is 0.0947 e. The summed E-state index contributed by atoms with van der Waals surface area (Å²) >= 11 is 0. The van der Waals surface area contributed by atoms with E-state index in [1.165, 1.54) is 23.1 Å². The van der Waals surface area contributed by atoms with Crippen LogP contribution in [-0.4, -0.2) is 0 Å². The van der Waals surface area contributed by atoms with Gasteiger partial charge in [-0.25, -0.2) is 0 Å². The van der Waals surface area contributed by atoms with Crippen molar-refractivity contribution in [3.05, 3.63) is 46.6 Å². The van der Waals surface area contributed by atoms with E-state index in [1.807, 2.05) is 6.08 Å². The van der Waals surface area contributed by atoms with Crippen molar-refractivity contribution in [3.63, 3.8) is 0 Å². The van der Waals surface area contributed by atoms with Crippen LogP contribution < -0.4 is 0 Å². The van der Waals surface area contributed by atoms with Crippen molar-refractivity contribution in [1.82, 2.24) is 0 Å². The fourth-order valence-corrected chi connectivity index (χ4v) is 2.01. The van der Waals surface area contributed by atoms with Gasteiger partial charge in [0.15, 0.2) is 0 Å². The minimum Gasteiger partial charge on any atom is -0.193 e. The summed E-state index contributed by atoms with van der Waals surface area (Å²) in [6, 6.07) is 2.22. The van der Waals surface area contributed by atoms with Gasteiger partial charge in [-0.3, -0.25) is 0 Å². The molecule has 0 heterocycles. The van der Waals surface area contributed by atoms with Crippen LogP contribution in [0.15, 0.2) is 46.6 Å². The van der Waals surface area contributed by atoms with Gasteiger partial charge >= 0.3 is 0 Å². The van der Waals surface area contributed by atoms with E-state index in [0.29, 0.717) is 0 Å². The summed E-state index contributed by atoms with van der Waals surface area (Å²) in [4.78, 5) is 0. The number of hydrogen-bond acceptors (Lipinski definition) is 1. The standard InChI is InChI=1S/C14H15N/c1-11-2-6-13(7-3-11)14-8-4-12(10-15)5-9-14/h2,4,6,8H,3,5,7,9H2,1H3. The van der Waals surface area contributed by atoms with Crippen molar-refractivity contribution < 1.29 is 0 Å². The Hall–Kier alpha value is -1.55. The van der Waals surface area contributed by atoms with Crippen LogP contribution in [-0.2, 0) is 0 Å². The molecule has 0 aromatic rings. The Bertz CT molecular complexity index is 425. The van der Waals surface area contributed by atoms with Crippen molar-refractivity contribution in [1.29, 1.82) is 5.26 Å². The van der Waals surface area contributed by atoms with E-state index in [2.05, 4.69) is 31.2 Å². The lowest BCUT2D eigenvalue weighted by Gasteiger charge is -2.17. The van der Waals surface area contributed by atoms with Gasteiger partial charge in [-0.05, 0) is 49.8 Å². The van der Waals surface area contributed by atoms with Gasteiger partial charge in [-0.1, -0.05) is 23.8 Å². The second-order valence-corrected chi connectivity index (χ2v) is 4.20. The Balaban J connectivity index is 2.18. The average Bonchev–Trinajstić information content (AvgIpc) is 2.30. The van der Waals surface area contributed by atoms with Crippen LogP contribution in [0.25, 0.3) is 0 Å². The van der Waals surface area contributed by atoms with Crippen LogP contribution in [0.3, 0.4) is 0 Å². The summed E-state index contributed by atoms with van der Waals surface area (Å²) in [6.45, 7) is 2.18. The van der Waals surface area contributed by atoms with Crippen LogP contribution in [0.2, 0.25) is 0 Å². The van der Waals surface area contributed by atoms with Crippen LogP contribution in [0.5, 0.6) is 0 Å². The predicted molar refractivity (Wildman–Crippen MR) is 62.1 cm³/mol. The molecule has 0 bridgehead atoms. The van der Waals surface area contributed by atoms with Crippen molar-refractivity contribution in [2.24, 2.45) is 0 Å². The molecule has 0 spiro atoms. The number of nitriles is 1. The summed E-state index contributed by atoms with van der Waals surface area (Å²) in [6.07, 6.45) is 12.8. The Kier molecular flexibility index (Phi) is 2.87. The molecule has 2 aliphatic rings. The molecule has 0 amide bonds. The third-order valence-corrected chi connectivity index (χ3v) is 3.06. The second-order valence-electron chi connectivity index (χ2n) is 4.20. The van der Waals surface area contributed by atoms with Gasteiger partial charge in [0.1, 0.15) is 0 Å². The SMILES string of the molecule is CC1=CC=C(C2=CC=C(C#N)CC2)CC1. The van der Waals surface area contributed by atoms with Crippen LogP contribution in [0, 0.1) is 11.3 Å². The number of nitrogens with zero attached hydrogens (tertiary/aromatic N) is 1. The third-order valence-electron chi connectivity index (χ3n) is 3.06. The molecule has 0 radical (unpaired) electrons. The molecule has 0 saturated heterocycles. The maximum absolute atomic E-state index is 8.75. The Morgan fingerprint density at radius 2 is 1.60 bits per heavy atom. The molecule has 0 atom stereocenters. The minimum atomic E-state index is 0.905. The summed E-state index contributed by atoms with van der Waals surface area (Å²) < 4.78 is 0. The molecule has 2 rings (SSSR count). The number of allylic oxidation sites excluding steroid dienone is 8. The Labute approximate surface area is 91.1 Å². The number of hydrogen-bond donors (Lipinski definition) is 0. The normalized spacial score (nSPS) is 20.8. The molecule has 0 aromatic heterocycles. The van der Waals surface area contributed by atoms with E-state index in [0.717, 1.165) is 24.8 Å². The molecule has 0 unspecified atom stereocenters. The lowest BCUT2D eigenvalue weighted by atomic mass is 9.88. The van der Waals surface area contributed by atoms with Gasteiger partial charge in [0, 0.05) is 5.57 Å². The largest absolute Gasteiger partial charge is 0.193 e. The molecule has 1 heteroatoms. The topological polar surface area (TPSA) is 23.8 Å². The zero-order chi connectivity index (χ0) is 10.7. The van der Waals surface area contributed by atoms with Gasteiger partial charge in [0.2, 0.25) is 0 Å². The fraction of sp³-hybridized carbons (Fsp3) is 0.357. The zero-order valence-electron chi connectivity index (χ0n) is 9.09. The monoisotopic (exact) mass is 197 g/mol. The minimum absolute atomic E-state index is 0.905. The van der Waals surface area contributed by atoms with Crippen molar-refractivity contribution in [3.8, 4) is 6.07 Å². The summed E-state index contributed by atoms with van der Waals surface area (Å²) in [7, 11) is 0. The molecule has 76 valence electrons. The van der Waals surface area contributed by atoms with Gasteiger partial charge in [-0.15, -0.1) is 0 Å². The van der Waals surface area contributed by atoms with Gasteiger partial charge in [0.25, 0.3) is 0 Å². The summed E-state index contributed by atoms with van der Waals surface area (Å²) in [5, 5.41) is 8.75. The van der Waals surface area contributed by atoms with E-state index in [9.17, 15) is 0 Å². The third kappa shape index (κ3) is 2.27. The molecule has 0 saturated carbocycles. The van der Waals surface area contributed by atoms with E-state index >= 15 is 0 Å². The quantitative estimate of drug-likeness (QED) is 0.626. The van der Waals surface area contributed by atoms with Crippen molar-refractivity contribution in [2.75, 3.05) is 0 Å². The van der Waals surface area contributed by atoms with E-state index in [4.69, 9.17) is 5.26 Å². The lowest BCUT2D eigenvalue weighted by Crippen LogP contribution is -1.99. The molecule has 15 heavy (non-hydrogen) atoms. The first kappa shape index (κ1) is 9.98. The Morgan fingerprint density at radius 3 is 2.07 bits per heavy atom. The van der Waals surface area contributed by atoms with Gasteiger partial charge in [-0.2, -0.15) is 5.26 Å². The summed E-state index contributed by atoms with van der Waals surface area (Å²) in [5.41, 5.74) is 5.23.